The molecule has 0 atom stereocenters. The third-order valence-electron chi connectivity index (χ3n) is 1.86. The Morgan fingerprint density at radius 1 is 0.923 bits per heavy atom. The third kappa shape index (κ3) is 0.961. The van der Waals surface area contributed by atoms with Gasteiger partial charge in [-0.1, -0.05) is 0 Å². The fraction of sp³-hybridized carbons (Fsp3) is 0.250. The molecule has 0 amide bonds. The van der Waals surface area contributed by atoms with Crippen LogP contribution in [0.5, 0.6) is 11.5 Å². The van der Waals surface area contributed by atoms with E-state index >= 15 is 0 Å². The Bertz CT molecular complexity index is 341. The van der Waals surface area contributed by atoms with Crippen LogP contribution in [-0.4, -0.2) is 6.79 Å². The summed E-state index contributed by atoms with van der Waals surface area (Å²) in [5.74, 6) is -4.18. The van der Waals surface area contributed by atoms with Crippen molar-refractivity contribution < 1.29 is 22.6 Å². The molecule has 2 nitrogen and oxygen atoms in total. The number of hydrogen-bond acceptors (Lipinski definition) is 2. The first kappa shape index (κ1) is 8.22. The molecule has 2 rings (SSSR count). The lowest BCUT2D eigenvalue weighted by atomic mass is 10.2. The van der Waals surface area contributed by atoms with E-state index in [0.29, 0.717) is 0 Å². The Labute approximate surface area is 71.9 Å². The predicted octanol–water partition coefficient (Wildman–Crippen LogP) is 2.14. The van der Waals surface area contributed by atoms with Gasteiger partial charge in [-0.05, 0) is 6.92 Å². The highest BCUT2D eigenvalue weighted by molar-refractivity contribution is 5.47. The van der Waals surface area contributed by atoms with Crippen LogP contribution < -0.4 is 9.47 Å². The van der Waals surface area contributed by atoms with Crippen LogP contribution in [0.4, 0.5) is 13.2 Å². The van der Waals surface area contributed by atoms with E-state index in [4.69, 9.17) is 0 Å². The molecule has 1 heterocycles. The highest BCUT2D eigenvalue weighted by Crippen LogP contribution is 2.40. The molecule has 0 fully saturated rings. The van der Waals surface area contributed by atoms with Gasteiger partial charge in [0.05, 0.1) is 0 Å². The first-order chi connectivity index (χ1) is 6.13. The molecule has 0 radical (unpaired) electrons. The monoisotopic (exact) mass is 190 g/mol. The molecule has 0 saturated carbocycles. The standard InChI is InChI=1S/C8H5F3O2/c1-3-4(9)6(11)8-7(5(3)10)12-2-13-8/h2H2,1H3. The van der Waals surface area contributed by atoms with E-state index in [1.165, 1.54) is 0 Å². The molecule has 0 aliphatic carbocycles. The zero-order valence-electron chi connectivity index (χ0n) is 6.66. The average molecular weight is 190 g/mol. The van der Waals surface area contributed by atoms with E-state index in [1.807, 2.05) is 0 Å². The van der Waals surface area contributed by atoms with Crippen LogP contribution in [-0.2, 0) is 0 Å². The smallest absolute Gasteiger partial charge is 0.231 e. The van der Waals surface area contributed by atoms with Crippen LogP contribution in [0, 0.1) is 24.4 Å². The summed E-state index contributed by atoms with van der Waals surface area (Å²) in [6.45, 7) is 0.849. The Balaban J connectivity index is 2.77. The normalized spacial score (nSPS) is 13.5. The number of benzene rings is 1. The molecule has 70 valence electrons. The van der Waals surface area contributed by atoms with Crippen molar-refractivity contribution in [1.29, 1.82) is 0 Å². The van der Waals surface area contributed by atoms with Gasteiger partial charge in [0.25, 0.3) is 0 Å². The zero-order valence-corrected chi connectivity index (χ0v) is 6.66. The molecule has 1 aliphatic rings. The van der Waals surface area contributed by atoms with Crippen LogP contribution in [0.1, 0.15) is 5.56 Å². The summed E-state index contributed by atoms with van der Waals surface area (Å²) < 4.78 is 48.2. The molecular weight excluding hydrogens is 185 g/mol. The van der Waals surface area contributed by atoms with Gasteiger partial charge in [0, 0.05) is 5.56 Å². The van der Waals surface area contributed by atoms with Gasteiger partial charge in [-0.15, -0.1) is 0 Å². The number of fused-ring (bicyclic) bond motifs is 1. The Kier molecular flexibility index (Phi) is 1.61. The summed E-state index contributed by atoms with van der Waals surface area (Å²) >= 11 is 0. The zero-order chi connectivity index (χ0) is 9.59. The maximum atomic E-state index is 13.1. The Morgan fingerprint density at radius 3 is 2.08 bits per heavy atom. The summed E-state index contributed by atoms with van der Waals surface area (Å²) in [6.07, 6.45) is 0. The molecule has 0 unspecified atom stereocenters. The predicted molar refractivity (Wildman–Crippen MR) is 37.2 cm³/mol. The fourth-order valence-corrected chi connectivity index (χ4v) is 1.14. The minimum absolute atomic E-state index is 0.286. The van der Waals surface area contributed by atoms with Crippen LogP contribution in [0.15, 0.2) is 0 Å². The summed E-state index contributed by atoms with van der Waals surface area (Å²) in [7, 11) is 0. The van der Waals surface area contributed by atoms with Crippen LogP contribution in [0.3, 0.4) is 0 Å². The van der Waals surface area contributed by atoms with Gasteiger partial charge in [0.2, 0.25) is 24.1 Å². The van der Waals surface area contributed by atoms with Crippen LogP contribution in [0.2, 0.25) is 0 Å². The van der Waals surface area contributed by atoms with Crippen molar-refractivity contribution in [2.24, 2.45) is 0 Å². The largest absolute Gasteiger partial charge is 0.450 e. The lowest BCUT2D eigenvalue weighted by Gasteiger charge is -2.03. The van der Waals surface area contributed by atoms with E-state index in [1.54, 1.807) is 0 Å². The average Bonchev–Trinajstić information content (AvgIpc) is 2.59. The third-order valence-corrected chi connectivity index (χ3v) is 1.86. The number of ether oxygens (including phenoxy) is 2. The van der Waals surface area contributed by atoms with Crippen molar-refractivity contribution in [3.05, 3.63) is 23.0 Å². The minimum atomic E-state index is -1.23. The maximum absolute atomic E-state index is 13.1. The lowest BCUT2D eigenvalue weighted by molar-refractivity contribution is 0.168. The molecule has 1 aromatic rings. The van der Waals surface area contributed by atoms with E-state index in [-0.39, 0.29) is 12.5 Å². The topological polar surface area (TPSA) is 18.5 Å². The van der Waals surface area contributed by atoms with Gasteiger partial charge in [-0.25, -0.2) is 8.78 Å². The second-order valence-electron chi connectivity index (χ2n) is 2.63. The lowest BCUT2D eigenvalue weighted by Crippen LogP contribution is -1.95. The van der Waals surface area contributed by atoms with Gasteiger partial charge in [-0.3, -0.25) is 0 Å². The molecule has 0 N–H and O–H groups in total. The SMILES string of the molecule is Cc1c(F)c(F)c2c(c1F)OCO2. The highest BCUT2D eigenvalue weighted by Gasteiger charge is 2.28. The van der Waals surface area contributed by atoms with Gasteiger partial charge in [0.1, 0.15) is 0 Å². The maximum Gasteiger partial charge on any atom is 0.231 e. The van der Waals surface area contributed by atoms with Crippen molar-refractivity contribution in [3.63, 3.8) is 0 Å². The van der Waals surface area contributed by atoms with Crippen molar-refractivity contribution in [2.75, 3.05) is 6.79 Å². The second-order valence-corrected chi connectivity index (χ2v) is 2.63. The first-order valence-electron chi connectivity index (χ1n) is 3.55. The fourth-order valence-electron chi connectivity index (χ4n) is 1.14. The molecule has 5 heteroatoms. The first-order valence-corrected chi connectivity index (χ1v) is 3.55. The van der Waals surface area contributed by atoms with E-state index < -0.39 is 28.8 Å². The molecule has 0 spiro atoms. The van der Waals surface area contributed by atoms with E-state index in [9.17, 15) is 13.2 Å². The Hall–Kier alpha value is -1.39. The number of halogens is 3. The van der Waals surface area contributed by atoms with Crippen LogP contribution >= 0.6 is 0 Å². The summed E-state index contributed by atoms with van der Waals surface area (Å²) in [6, 6.07) is 0. The van der Waals surface area contributed by atoms with Crippen molar-refractivity contribution >= 4 is 0 Å². The van der Waals surface area contributed by atoms with Gasteiger partial charge < -0.3 is 9.47 Å². The molecule has 0 saturated heterocycles. The van der Waals surface area contributed by atoms with Gasteiger partial charge in [-0.2, -0.15) is 4.39 Å². The molecular formula is C8H5F3O2. The highest BCUT2D eigenvalue weighted by atomic mass is 19.2. The summed E-state index contributed by atoms with van der Waals surface area (Å²) in [5, 5.41) is 0. The number of rotatable bonds is 0. The van der Waals surface area contributed by atoms with Crippen molar-refractivity contribution in [3.8, 4) is 11.5 Å². The van der Waals surface area contributed by atoms with Crippen LogP contribution in [0.25, 0.3) is 0 Å². The summed E-state index contributed by atoms with van der Waals surface area (Å²) in [5.41, 5.74) is -0.401. The number of hydrogen-bond donors (Lipinski definition) is 0. The molecule has 13 heavy (non-hydrogen) atoms. The Morgan fingerprint density at radius 2 is 1.46 bits per heavy atom. The molecule has 1 aliphatic heterocycles. The molecule has 0 bridgehead atoms. The quantitative estimate of drug-likeness (QED) is 0.583. The minimum Gasteiger partial charge on any atom is -0.450 e. The molecule has 0 aromatic heterocycles. The second kappa shape index (κ2) is 2.55. The van der Waals surface area contributed by atoms with Crippen molar-refractivity contribution in [1.82, 2.24) is 0 Å². The van der Waals surface area contributed by atoms with Gasteiger partial charge >= 0.3 is 0 Å². The van der Waals surface area contributed by atoms with E-state index in [2.05, 4.69) is 9.47 Å². The van der Waals surface area contributed by atoms with E-state index in [0.717, 1.165) is 6.92 Å². The molecule has 1 aromatic carbocycles. The van der Waals surface area contributed by atoms with Crippen molar-refractivity contribution in [2.45, 2.75) is 6.92 Å². The summed E-state index contributed by atoms with van der Waals surface area (Å²) in [4.78, 5) is 0. The van der Waals surface area contributed by atoms with Gasteiger partial charge in [0.15, 0.2) is 11.6 Å².